The molecule has 0 saturated carbocycles. The molecule has 0 spiro atoms. The highest BCUT2D eigenvalue weighted by molar-refractivity contribution is 5.98. The second-order valence-corrected chi connectivity index (χ2v) is 4.99. The molecule has 0 heterocycles. The maximum absolute atomic E-state index is 12.2. The molecule has 0 fully saturated rings. The molecule has 0 atom stereocenters. The van der Waals surface area contributed by atoms with E-state index in [2.05, 4.69) is 11.5 Å². The summed E-state index contributed by atoms with van der Waals surface area (Å²) in [6.45, 7) is 6.68. The van der Waals surface area contributed by atoms with Crippen LogP contribution in [-0.4, -0.2) is 26.2 Å². The van der Waals surface area contributed by atoms with E-state index in [1.54, 1.807) is 0 Å². The molecule has 0 aliphatic carbocycles. The Balaban J connectivity index is 2.50. The minimum atomic E-state index is -0.292. The fraction of sp³-hybridized carbons (Fsp3) is 0.211. The number of anilines is 1. The third kappa shape index (κ3) is 3.55. The molecule has 3 nitrogen and oxygen atoms in total. The Morgan fingerprint density at radius 2 is 1.95 bits per heavy atom. The van der Waals surface area contributed by atoms with Crippen LogP contribution in [0.1, 0.15) is 17.3 Å². The van der Waals surface area contributed by atoms with E-state index in [-0.39, 0.29) is 5.97 Å². The van der Waals surface area contributed by atoms with Gasteiger partial charge in [-0.1, -0.05) is 36.4 Å². The Hall–Kier alpha value is -2.55. The van der Waals surface area contributed by atoms with Gasteiger partial charge in [0.1, 0.15) is 0 Å². The van der Waals surface area contributed by atoms with Gasteiger partial charge in [-0.2, -0.15) is 0 Å². The number of likely N-dealkylation sites (N-methyl/N-ethyl adjacent to an activating group) is 1. The van der Waals surface area contributed by atoms with Gasteiger partial charge in [-0.05, 0) is 36.2 Å². The number of carbonyl (C=O) groups excluding carboxylic acids is 1. The van der Waals surface area contributed by atoms with Crippen LogP contribution in [0, 0.1) is 0 Å². The number of rotatable bonds is 6. The molecule has 0 N–H and O–H groups in total. The third-order valence-corrected chi connectivity index (χ3v) is 3.43. The maximum Gasteiger partial charge on any atom is 0.338 e. The first-order chi connectivity index (χ1) is 10.7. The minimum Gasteiger partial charge on any atom is -0.462 e. The largest absolute Gasteiger partial charge is 0.462 e. The van der Waals surface area contributed by atoms with Crippen molar-refractivity contribution >= 4 is 11.7 Å². The number of benzene rings is 2. The molecule has 2 rings (SSSR count). The molecular formula is C19H21NO2. The van der Waals surface area contributed by atoms with Crippen LogP contribution in [0.2, 0.25) is 0 Å². The first kappa shape index (κ1) is 15.8. The Labute approximate surface area is 131 Å². The van der Waals surface area contributed by atoms with Crippen molar-refractivity contribution in [2.45, 2.75) is 6.92 Å². The summed E-state index contributed by atoms with van der Waals surface area (Å²) in [4.78, 5) is 14.3. The van der Waals surface area contributed by atoms with Gasteiger partial charge in [0.25, 0.3) is 0 Å². The molecule has 0 saturated heterocycles. The zero-order valence-corrected chi connectivity index (χ0v) is 13.1. The molecule has 0 aromatic heterocycles. The zero-order chi connectivity index (χ0) is 15.9. The van der Waals surface area contributed by atoms with Crippen LogP contribution in [0.15, 0.2) is 61.2 Å². The predicted octanol–water partition coefficient (Wildman–Crippen LogP) is 4.15. The van der Waals surface area contributed by atoms with Crippen LogP contribution in [0.25, 0.3) is 11.1 Å². The van der Waals surface area contributed by atoms with E-state index in [1.165, 1.54) is 0 Å². The van der Waals surface area contributed by atoms with E-state index in [0.29, 0.717) is 12.2 Å². The number of carbonyl (C=O) groups is 1. The van der Waals surface area contributed by atoms with Crippen LogP contribution < -0.4 is 4.90 Å². The lowest BCUT2D eigenvalue weighted by Gasteiger charge is -2.19. The molecule has 2 aromatic rings. The Morgan fingerprint density at radius 1 is 1.23 bits per heavy atom. The highest BCUT2D eigenvalue weighted by Crippen LogP contribution is 2.29. The van der Waals surface area contributed by atoms with Crippen molar-refractivity contribution in [1.29, 1.82) is 0 Å². The second-order valence-electron chi connectivity index (χ2n) is 4.99. The zero-order valence-electron chi connectivity index (χ0n) is 13.1. The molecular weight excluding hydrogens is 274 g/mol. The van der Waals surface area contributed by atoms with Gasteiger partial charge in [-0.15, -0.1) is 6.58 Å². The lowest BCUT2D eigenvalue weighted by molar-refractivity contribution is 0.0527. The summed E-state index contributed by atoms with van der Waals surface area (Å²) in [5.41, 5.74) is 3.50. The monoisotopic (exact) mass is 295 g/mol. The first-order valence-corrected chi connectivity index (χ1v) is 7.36. The van der Waals surface area contributed by atoms with Gasteiger partial charge in [-0.25, -0.2) is 4.79 Å². The number of esters is 1. The average molecular weight is 295 g/mol. The molecule has 114 valence electrons. The number of hydrogen-bond acceptors (Lipinski definition) is 3. The van der Waals surface area contributed by atoms with Crippen molar-refractivity contribution in [3.63, 3.8) is 0 Å². The summed E-state index contributed by atoms with van der Waals surface area (Å²) in [5, 5.41) is 0. The van der Waals surface area contributed by atoms with Gasteiger partial charge in [-0.3, -0.25) is 0 Å². The van der Waals surface area contributed by atoms with Crippen molar-refractivity contribution in [3.8, 4) is 11.1 Å². The van der Waals surface area contributed by atoms with E-state index in [9.17, 15) is 4.79 Å². The number of ether oxygens (including phenoxy) is 1. The smallest absolute Gasteiger partial charge is 0.338 e. The van der Waals surface area contributed by atoms with Crippen molar-refractivity contribution in [1.82, 2.24) is 0 Å². The Kier molecular flexibility index (Phi) is 5.37. The second kappa shape index (κ2) is 7.46. The van der Waals surface area contributed by atoms with E-state index < -0.39 is 0 Å². The third-order valence-electron chi connectivity index (χ3n) is 3.43. The summed E-state index contributed by atoms with van der Waals surface area (Å²) in [6, 6.07) is 15.7. The first-order valence-electron chi connectivity index (χ1n) is 7.36. The highest BCUT2D eigenvalue weighted by atomic mass is 16.5. The van der Waals surface area contributed by atoms with Crippen molar-refractivity contribution in [2.24, 2.45) is 0 Å². The SMILES string of the molecule is C=CCN(C)c1ccc(C(=O)OCC)c(-c2ccccc2)c1. The fourth-order valence-corrected chi connectivity index (χ4v) is 2.31. The normalized spacial score (nSPS) is 10.1. The van der Waals surface area contributed by atoms with Crippen LogP contribution in [0.4, 0.5) is 5.69 Å². The molecule has 0 unspecified atom stereocenters. The quantitative estimate of drug-likeness (QED) is 0.592. The van der Waals surface area contributed by atoms with Crippen molar-refractivity contribution < 1.29 is 9.53 Å². The summed E-state index contributed by atoms with van der Waals surface area (Å²) in [6.07, 6.45) is 1.85. The van der Waals surface area contributed by atoms with Crippen molar-refractivity contribution in [2.75, 3.05) is 25.1 Å². The van der Waals surface area contributed by atoms with Crippen LogP contribution in [0.5, 0.6) is 0 Å². The van der Waals surface area contributed by atoms with E-state index in [1.807, 2.05) is 68.6 Å². The molecule has 0 aliphatic heterocycles. The van der Waals surface area contributed by atoms with Crippen molar-refractivity contribution in [3.05, 3.63) is 66.7 Å². The number of nitrogens with zero attached hydrogens (tertiary/aromatic N) is 1. The van der Waals surface area contributed by atoms with Gasteiger partial charge < -0.3 is 9.64 Å². The molecule has 0 bridgehead atoms. The topological polar surface area (TPSA) is 29.5 Å². The van der Waals surface area contributed by atoms with Gasteiger partial charge in [0.2, 0.25) is 0 Å². The Morgan fingerprint density at radius 3 is 2.59 bits per heavy atom. The lowest BCUT2D eigenvalue weighted by Crippen LogP contribution is -2.17. The fourth-order valence-electron chi connectivity index (χ4n) is 2.31. The summed E-state index contributed by atoms with van der Waals surface area (Å²) in [5.74, 6) is -0.292. The summed E-state index contributed by atoms with van der Waals surface area (Å²) in [7, 11) is 2.00. The van der Waals surface area contributed by atoms with E-state index >= 15 is 0 Å². The number of hydrogen-bond donors (Lipinski definition) is 0. The molecule has 0 radical (unpaired) electrons. The van der Waals surface area contributed by atoms with E-state index in [4.69, 9.17) is 4.74 Å². The van der Waals surface area contributed by atoms with Crippen LogP contribution in [0.3, 0.4) is 0 Å². The Bertz CT molecular complexity index is 650. The molecule has 3 heteroatoms. The standard InChI is InChI=1S/C19H21NO2/c1-4-13-20(3)16-11-12-17(19(21)22-5-2)18(14-16)15-9-7-6-8-10-15/h4,6-12,14H,1,5,13H2,2-3H3. The molecule has 2 aromatic carbocycles. The average Bonchev–Trinajstić information content (AvgIpc) is 2.55. The highest BCUT2D eigenvalue weighted by Gasteiger charge is 2.15. The lowest BCUT2D eigenvalue weighted by atomic mass is 9.98. The molecule has 0 aliphatic rings. The van der Waals surface area contributed by atoms with Crippen LogP contribution in [-0.2, 0) is 4.74 Å². The van der Waals surface area contributed by atoms with Gasteiger partial charge in [0.15, 0.2) is 0 Å². The molecule has 22 heavy (non-hydrogen) atoms. The summed E-state index contributed by atoms with van der Waals surface area (Å²) >= 11 is 0. The maximum atomic E-state index is 12.2. The molecule has 0 amide bonds. The van der Waals surface area contributed by atoms with Gasteiger partial charge >= 0.3 is 5.97 Å². The summed E-state index contributed by atoms with van der Waals surface area (Å²) < 4.78 is 5.17. The van der Waals surface area contributed by atoms with Gasteiger partial charge in [0, 0.05) is 19.3 Å². The van der Waals surface area contributed by atoms with Gasteiger partial charge in [0.05, 0.1) is 12.2 Å². The predicted molar refractivity (Wildman–Crippen MR) is 91.3 cm³/mol. The van der Waals surface area contributed by atoms with Crippen LogP contribution >= 0.6 is 0 Å². The van der Waals surface area contributed by atoms with E-state index in [0.717, 1.165) is 23.4 Å². The minimum absolute atomic E-state index is 0.292.